The molecule has 0 aliphatic heterocycles. The van der Waals surface area contributed by atoms with Crippen molar-refractivity contribution in [3.8, 4) is 5.75 Å². The second-order valence-electron chi connectivity index (χ2n) is 3.97. The van der Waals surface area contributed by atoms with E-state index in [0.717, 1.165) is 17.0 Å². The predicted octanol–water partition coefficient (Wildman–Crippen LogP) is 2.43. The zero-order chi connectivity index (χ0) is 12.1. The molecule has 0 spiro atoms. The molecule has 0 bridgehead atoms. The molecule has 0 saturated carbocycles. The Bertz CT molecular complexity index is 480. The molecule has 3 heteroatoms. The number of nitrogens with zero attached hydrogens (tertiary/aromatic N) is 1. The monoisotopic (exact) mass is 228 g/mol. The molecule has 0 unspecified atom stereocenters. The number of hydrogen-bond donors (Lipinski definition) is 1. The third kappa shape index (κ3) is 3.29. The molecule has 1 aromatic heterocycles. The molecule has 1 heterocycles. The van der Waals surface area contributed by atoms with Crippen LogP contribution in [0.15, 0.2) is 42.6 Å². The molecule has 0 saturated heterocycles. The van der Waals surface area contributed by atoms with E-state index in [1.165, 1.54) is 5.56 Å². The first-order chi connectivity index (χ1) is 8.28. The molecule has 2 N–H and O–H groups in total. The van der Waals surface area contributed by atoms with E-state index in [1.54, 1.807) is 6.20 Å². The smallest absolute Gasteiger partial charge is 0.130 e. The van der Waals surface area contributed by atoms with E-state index in [9.17, 15) is 0 Å². The van der Waals surface area contributed by atoms with Gasteiger partial charge in [-0.1, -0.05) is 18.2 Å². The van der Waals surface area contributed by atoms with Crippen molar-refractivity contribution in [1.29, 1.82) is 0 Å². The predicted molar refractivity (Wildman–Crippen MR) is 67.6 cm³/mol. The lowest BCUT2D eigenvalue weighted by Gasteiger charge is -2.06. The van der Waals surface area contributed by atoms with Gasteiger partial charge in [-0.3, -0.25) is 4.98 Å². The van der Waals surface area contributed by atoms with Gasteiger partial charge in [0.25, 0.3) is 0 Å². The van der Waals surface area contributed by atoms with Gasteiger partial charge < -0.3 is 10.5 Å². The summed E-state index contributed by atoms with van der Waals surface area (Å²) in [5.74, 6) is 0.870. The summed E-state index contributed by atoms with van der Waals surface area (Å²) in [7, 11) is 0. The van der Waals surface area contributed by atoms with Gasteiger partial charge in [0, 0.05) is 12.7 Å². The first-order valence-corrected chi connectivity index (χ1v) is 5.61. The van der Waals surface area contributed by atoms with E-state index < -0.39 is 0 Å². The number of benzene rings is 1. The molecule has 3 nitrogen and oxygen atoms in total. The Balaban J connectivity index is 1.97. The van der Waals surface area contributed by atoms with Crippen LogP contribution in [0.1, 0.15) is 16.8 Å². The second-order valence-corrected chi connectivity index (χ2v) is 3.97. The lowest BCUT2D eigenvalue weighted by molar-refractivity contribution is 0.301. The molecule has 88 valence electrons. The van der Waals surface area contributed by atoms with Crippen LogP contribution in [-0.2, 0) is 13.2 Å². The SMILES string of the molecule is Cc1cccc(OCc2ccc(CN)cn2)c1. The Morgan fingerprint density at radius 3 is 2.76 bits per heavy atom. The van der Waals surface area contributed by atoms with Crippen LogP contribution in [0.25, 0.3) is 0 Å². The van der Waals surface area contributed by atoms with Crippen molar-refractivity contribution < 1.29 is 4.74 Å². The molecule has 2 rings (SSSR count). The highest BCUT2D eigenvalue weighted by molar-refractivity contribution is 5.27. The van der Waals surface area contributed by atoms with Gasteiger partial charge in [0.05, 0.1) is 5.69 Å². The maximum absolute atomic E-state index is 5.65. The lowest BCUT2D eigenvalue weighted by Crippen LogP contribution is -2.01. The molecular formula is C14H16N2O. The number of aromatic nitrogens is 1. The quantitative estimate of drug-likeness (QED) is 0.874. The summed E-state index contributed by atoms with van der Waals surface area (Å²) in [5, 5.41) is 0. The van der Waals surface area contributed by atoms with Gasteiger partial charge in [-0.25, -0.2) is 0 Å². The van der Waals surface area contributed by atoms with Crippen LogP contribution < -0.4 is 10.5 Å². The second kappa shape index (κ2) is 5.46. The number of rotatable bonds is 4. The van der Waals surface area contributed by atoms with Crippen LogP contribution >= 0.6 is 0 Å². The van der Waals surface area contributed by atoms with Crippen LogP contribution in [-0.4, -0.2) is 4.98 Å². The van der Waals surface area contributed by atoms with Crippen LogP contribution in [0, 0.1) is 6.92 Å². The molecule has 0 atom stereocenters. The minimum atomic E-state index is 0.480. The summed E-state index contributed by atoms with van der Waals surface area (Å²) >= 11 is 0. The molecule has 1 aromatic carbocycles. The molecule has 0 aliphatic rings. The Hall–Kier alpha value is -1.87. The van der Waals surface area contributed by atoms with E-state index in [1.807, 2.05) is 43.3 Å². The summed E-state index contributed by atoms with van der Waals surface area (Å²) in [6.07, 6.45) is 1.79. The van der Waals surface area contributed by atoms with Crippen molar-refractivity contribution >= 4 is 0 Å². The molecule has 2 aromatic rings. The van der Waals surface area contributed by atoms with Crippen LogP contribution in [0.3, 0.4) is 0 Å². The average molecular weight is 228 g/mol. The number of nitrogens with two attached hydrogens (primary N) is 1. The van der Waals surface area contributed by atoms with Crippen LogP contribution in [0.5, 0.6) is 5.75 Å². The number of aryl methyl sites for hydroxylation is 1. The zero-order valence-electron chi connectivity index (χ0n) is 9.89. The van der Waals surface area contributed by atoms with Gasteiger partial charge in [0.2, 0.25) is 0 Å². The standard InChI is InChI=1S/C14H16N2O/c1-11-3-2-4-14(7-11)17-10-13-6-5-12(8-15)9-16-13/h2-7,9H,8,10,15H2,1H3. The van der Waals surface area contributed by atoms with Crippen molar-refractivity contribution in [2.24, 2.45) is 5.73 Å². The van der Waals surface area contributed by atoms with Crippen LogP contribution in [0.4, 0.5) is 0 Å². The largest absolute Gasteiger partial charge is 0.487 e. The normalized spacial score (nSPS) is 10.2. The van der Waals surface area contributed by atoms with Crippen molar-refractivity contribution in [3.63, 3.8) is 0 Å². The van der Waals surface area contributed by atoms with Crippen molar-refractivity contribution in [3.05, 3.63) is 59.4 Å². The first kappa shape index (κ1) is 11.6. The maximum Gasteiger partial charge on any atom is 0.130 e. The summed E-state index contributed by atoms with van der Waals surface area (Å²) in [6, 6.07) is 11.9. The van der Waals surface area contributed by atoms with Gasteiger partial charge in [-0.05, 0) is 36.2 Å². The third-order valence-corrected chi connectivity index (χ3v) is 2.50. The highest BCUT2D eigenvalue weighted by atomic mass is 16.5. The summed E-state index contributed by atoms with van der Waals surface area (Å²) in [6.45, 7) is 3.04. The van der Waals surface area contributed by atoms with Gasteiger partial charge in [0.15, 0.2) is 0 Å². The molecule has 0 aliphatic carbocycles. The van der Waals surface area contributed by atoms with Crippen molar-refractivity contribution in [1.82, 2.24) is 4.98 Å². The Morgan fingerprint density at radius 1 is 1.24 bits per heavy atom. The number of hydrogen-bond acceptors (Lipinski definition) is 3. The van der Waals surface area contributed by atoms with Crippen molar-refractivity contribution in [2.45, 2.75) is 20.1 Å². The van der Waals surface area contributed by atoms with Gasteiger partial charge in [-0.15, -0.1) is 0 Å². The summed E-state index contributed by atoms with van der Waals surface area (Å²) in [4.78, 5) is 4.28. The Labute approximate surface area is 101 Å². The van der Waals surface area contributed by atoms with Crippen molar-refractivity contribution in [2.75, 3.05) is 0 Å². The summed E-state index contributed by atoms with van der Waals surface area (Å²) in [5.41, 5.74) is 8.64. The molecule has 0 radical (unpaired) electrons. The Morgan fingerprint density at radius 2 is 2.12 bits per heavy atom. The first-order valence-electron chi connectivity index (χ1n) is 5.61. The highest BCUT2D eigenvalue weighted by Crippen LogP contribution is 2.13. The Kier molecular flexibility index (Phi) is 3.73. The fourth-order valence-electron chi connectivity index (χ4n) is 1.52. The number of ether oxygens (including phenoxy) is 1. The summed E-state index contributed by atoms with van der Waals surface area (Å²) < 4.78 is 5.65. The minimum Gasteiger partial charge on any atom is -0.487 e. The average Bonchev–Trinajstić information content (AvgIpc) is 2.37. The van der Waals surface area contributed by atoms with E-state index in [4.69, 9.17) is 10.5 Å². The van der Waals surface area contributed by atoms with E-state index in [-0.39, 0.29) is 0 Å². The fourth-order valence-corrected chi connectivity index (χ4v) is 1.52. The van der Waals surface area contributed by atoms with Gasteiger partial charge in [-0.2, -0.15) is 0 Å². The molecule has 0 fully saturated rings. The number of pyridine rings is 1. The van der Waals surface area contributed by atoms with E-state index in [2.05, 4.69) is 4.98 Å². The highest BCUT2D eigenvalue weighted by Gasteiger charge is 1.98. The molecule has 17 heavy (non-hydrogen) atoms. The topological polar surface area (TPSA) is 48.1 Å². The lowest BCUT2D eigenvalue weighted by atomic mass is 10.2. The fraction of sp³-hybridized carbons (Fsp3) is 0.214. The van der Waals surface area contributed by atoms with E-state index in [0.29, 0.717) is 13.2 Å². The van der Waals surface area contributed by atoms with Gasteiger partial charge >= 0.3 is 0 Å². The molecular weight excluding hydrogens is 212 g/mol. The zero-order valence-corrected chi connectivity index (χ0v) is 9.89. The van der Waals surface area contributed by atoms with E-state index >= 15 is 0 Å². The molecule has 0 amide bonds. The third-order valence-electron chi connectivity index (χ3n) is 2.50. The maximum atomic E-state index is 5.65. The van der Waals surface area contributed by atoms with Gasteiger partial charge in [0.1, 0.15) is 12.4 Å². The van der Waals surface area contributed by atoms with Crippen LogP contribution in [0.2, 0.25) is 0 Å². The minimum absolute atomic E-state index is 0.480.